The molecule has 0 aliphatic carbocycles. The van der Waals surface area contributed by atoms with Gasteiger partial charge in [0.2, 0.25) is 15.9 Å². The van der Waals surface area contributed by atoms with Gasteiger partial charge in [0.25, 0.3) is 0 Å². The minimum absolute atomic E-state index is 0.150. The van der Waals surface area contributed by atoms with Crippen LogP contribution in [-0.4, -0.2) is 40.5 Å². The maximum Gasteiger partial charge on any atom is 0.241 e. The van der Waals surface area contributed by atoms with Crippen LogP contribution in [0.3, 0.4) is 0 Å². The molecule has 0 spiro atoms. The van der Waals surface area contributed by atoms with Crippen molar-refractivity contribution in [3.63, 3.8) is 0 Å². The molecule has 146 valence electrons. The summed E-state index contributed by atoms with van der Waals surface area (Å²) in [6, 6.07) is 15.7. The summed E-state index contributed by atoms with van der Waals surface area (Å²) in [6.07, 6.45) is 0.758. The first kappa shape index (κ1) is 20.9. The number of nitrogens with zero attached hydrogens (tertiary/aromatic N) is 1. The summed E-state index contributed by atoms with van der Waals surface area (Å²) >= 11 is 0. The third kappa shape index (κ3) is 6.37. The fourth-order valence-corrected chi connectivity index (χ4v) is 3.77. The lowest BCUT2D eigenvalue weighted by Crippen LogP contribution is -2.45. The summed E-state index contributed by atoms with van der Waals surface area (Å²) < 4.78 is 27.1. The minimum Gasteiger partial charge on any atom is -0.375 e. The van der Waals surface area contributed by atoms with Crippen molar-refractivity contribution >= 4 is 21.6 Å². The SMILES string of the molecule is Cc1ccc(S(=O)(=O)N[C@@H](C)C(=O)NCCCN(C)c2ccccc2)cc1. The lowest BCUT2D eigenvalue weighted by atomic mass is 10.2. The number of carbonyl (C=O) groups excluding carboxylic acids is 1. The Hall–Kier alpha value is -2.38. The van der Waals surface area contributed by atoms with Gasteiger partial charge in [0, 0.05) is 25.8 Å². The topological polar surface area (TPSA) is 78.5 Å². The summed E-state index contributed by atoms with van der Waals surface area (Å²) in [5.74, 6) is -0.340. The Balaban J connectivity index is 1.77. The highest BCUT2D eigenvalue weighted by Gasteiger charge is 2.21. The smallest absolute Gasteiger partial charge is 0.241 e. The molecular weight excluding hydrogens is 362 g/mol. The van der Waals surface area contributed by atoms with Crippen molar-refractivity contribution in [1.29, 1.82) is 0 Å². The molecule has 2 rings (SSSR count). The highest BCUT2D eigenvalue weighted by atomic mass is 32.2. The Kier molecular flexibility index (Phi) is 7.38. The fourth-order valence-electron chi connectivity index (χ4n) is 2.56. The van der Waals surface area contributed by atoms with Crippen LogP contribution in [0.4, 0.5) is 5.69 Å². The van der Waals surface area contributed by atoms with Gasteiger partial charge in [-0.2, -0.15) is 4.72 Å². The molecule has 0 aromatic heterocycles. The van der Waals surface area contributed by atoms with Crippen LogP contribution < -0.4 is 14.9 Å². The molecule has 0 radical (unpaired) electrons. The number of sulfonamides is 1. The van der Waals surface area contributed by atoms with Crippen LogP contribution in [0.1, 0.15) is 18.9 Å². The van der Waals surface area contributed by atoms with Gasteiger partial charge >= 0.3 is 0 Å². The number of rotatable bonds is 9. The van der Waals surface area contributed by atoms with Gasteiger partial charge in [0.15, 0.2) is 0 Å². The predicted octanol–water partition coefficient (Wildman–Crippen LogP) is 2.30. The van der Waals surface area contributed by atoms with Gasteiger partial charge in [0.05, 0.1) is 10.9 Å². The van der Waals surface area contributed by atoms with Crippen molar-refractivity contribution < 1.29 is 13.2 Å². The van der Waals surface area contributed by atoms with Crippen LogP contribution in [-0.2, 0) is 14.8 Å². The highest BCUT2D eigenvalue weighted by molar-refractivity contribution is 7.89. The summed E-state index contributed by atoms with van der Waals surface area (Å²) in [5.41, 5.74) is 2.09. The largest absolute Gasteiger partial charge is 0.375 e. The van der Waals surface area contributed by atoms with E-state index >= 15 is 0 Å². The molecule has 0 unspecified atom stereocenters. The highest BCUT2D eigenvalue weighted by Crippen LogP contribution is 2.11. The third-order valence-electron chi connectivity index (χ3n) is 4.22. The first-order valence-electron chi connectivity index (χ1n) is 8.92. The molecule has 0 aliphatic heterocycles. The number of benzene rings is 2. The van der Waals surface area contributed by atoms with Gasteiger partial charge in [-0.05, 0) is 44.5 Å². The number of aryl methyl sites for hydroxylation is 1. The first-order chi connectivity index (χ1) is 12.8. The number of carbonyl (C=O) groups is 1. The van der Waals surface area contributed by atoms with E-state index in [0.717, 1.165) is 24.2 Å². The fraction of sp³-hybridized carbons (Fsp3) is 0.350. The van der Waals surface area contributed by atoms with E-state index in [9.17, 15) is 13.2 Å². The predicted molar refractivity (Wildman–Crippen MR) is 108 cm³/mol. The standard InChI is InChI=1S/C20H27N3O3S/c1-16-10-12-19(13-11-16)27(25,26)22-17(2)20(24)21-14-7-15-23(3)18-8-5-4-6-9-18/h4-6,8-13,17,22H,7,14-15H2,1-3H3,(H,21,24)/t17-/m0/s1. The number of amides is 1. The maximum atomic E-state index is 12.3. The zero-order valence-electron chi connectivity index (χ0n) is 16.0. The average molecular weight is 390 g/mol. The van der Waals surface area contributed by atoms with E-state index < -0.39 is 16.1 Å². The van der Waals surface area contributed by atoms with Crippen molar-refractivity contribution in [3.8, 4) is 0 Å². The number of para-hydroxylation sites is 1. The molecule has 0 saturated heterocycles. The van der Waals surface area contributed by atoms with Gasteiger partial charge < -0.3 is 10.2 Å². The molecule has 7 heteroatoms. The van der Waals surface area contributed by atoms with Crippen molar-refractivity contribution in [2.75, 3.05) is 25.0 Å². The Morgan fingerprint density at radius 3 is 2.33 bits per heavy atom. The lowest BCUT2D eigenvalue weighted by Gasteiger charge is -2.19. The van der Waals surface area contributed by atoms with Gasteiger partial charge in [-0.25, -0.2) is 8.42 Å². The zero-order chi connectivity index (χ0) is 19.9. The molecule has 0 bridgehead atoms. The van der Waals surface area contributed by atoms with Crippen LogP contribution >= 0.6 is 0 Å². The van der Waals surface area contributed by atoms with Crippen LogP contribution in [0.25, 0.3) is 0 Å². The monoisotopic (exact) mass is 389 g/mol. The molecule has 2 aromatic rings. The molecule has 2 aromatic carbocycles. The summed E-state index contributed by atoms with van der Waals surface area (Å²) in [7, 11) is -1.72. The van der Waals surface area contributed by atoms with Crippen LogP contribution in [0, 0.1) is 6.92 Å². The Bertz CT molecular complexity index is 837. The van der Waals surface area contributed by atoms with Crippen molar-refractivity contribution in [3.05, 3.63) is 60.2 Å². The number of nitrogens with one attached hydrogen (secondary N) is 2. The lowest BCUT2D eigenvalue weighted by molar-refractivity contribution is -0.122. The number of hydrogen-bond acceptors (Lipinski definition) is 4. The third-order valence-corrected chi connectivity index (χ3v) is 5.78. The molecule has 0 saturated carbocycles. The van der Waals surface area contributed by atoms with E-state index in [1.54, 1.807) is 12.1 Å². The molecule has 1 atom stereocenters. The van der Waals surface area contributed by atoms with Crippen molar-refractivity contribution in [2.45, 2.75) is 31.2 Å². The molecule has 0 aliphatic rings. The number of anilines is 1. The van der Waals surface area contributed by atoms with E-state index in [-0.39, 0.29) is 10.8 Å². The van der Waals surface area contributed by atoms with E-state index in [1.165, 1.54) is 19.1 Å². The number of hydrogen-bond donors (Lipinski definition) is 2. The summed E-state index contributed by atoms with van der Waals surface area (Å²) in [5, 5.41) is 2.78. The molecule has 0 heterocycles. The second-order valence-electron chi connectivity index (χ2n) is 6.56. The second-order valence-corrected chi connectivity index (χ2v) is 8.27. The van der Waals surface area contributed by atoms with Gasteiger partial charge in [0.1, 0.15) is 0 Å². The van der Waals surface area contributed by atoms with Crippen molar-refractivity contribution in [2.24, 2.45) is 0 Å². The Morgan fingerprint density at radius 1 is 1.07 bits per heavy atom. The Morgan fingerprint density at radius 2 is 1.70 bits per heavy atom. The molecule has 6 nitrogen and oxygen atoms in total. The van der Waals surface area contributed by atoms with Crippen molar-refractivity contribution in [1.82, 2.24) is 10.0 Å². The maximum absolute atomic E-state index is 12.3. The average Bonchev–Trinajstić information content (AvgIpc) is 2.65. The van der Waals surface area contributed by atoms with E-state index in [4.69, 9.17) is 0 Å². The van der Waals surface area contributed by atoms with Crippen LogP contribution in [0.15, 0.2) is 59.5 Å². The normalized spacial score (nSPS) is 12.4. The van der Waals surface area contributed by atoms with E-state index in [0.29, 0.717) is 6.54 Å². The summed E-state index contributed by atoms with van der Waals surface area (Å²) in [4.78, 5) is 14.4. The van der Waals surface area contributed by atoms with Crippen LogP contribution in [0.5, 0.6) is 0 Å². The minimum atomic E-state index is -3.72. The zero-order valence-corrected chi connectivity index (χ0v) is 16.8. The first-order valence-corrected chi connectivity index (χ1v) is 10.4. The van der Waals surface area contributed by atoms with E-state index in [1.807, 2.05) is 44.3 Å². The molecule has 27 heavy (non-hydrogen) atoms. The van der Waals surface area contributed by atoms with Gasteiger partial charge in [-0.1, -0.05) is 35.9 Å². The van der Waals surface area contributed by atoms with Crippen LogP contribution in [0.2, 0.25) is 0 Å². The van der Waals surface area contributed by atoms with E-state index in [2.05, 4.69) is 14.9 Å². The second kappa shape index (κ2) is 9.53. The molecule has 0 fully saturated rings. The molecule has 1 amide bonds. The van der Waals surface area contributed by atoms with Gasteiger partial charge in [-0.3, -0.25) is 4.79 Å². The molecular formula is C20H27N3O3S. The quantitative estimate of drug-likeness (QED) is 0.645. The van der Waals surface area contributed by atoms with Gasteiger partial charge in [-0.15, -0.1) is 0 Å². The molecule has 2 N–H and O–H groups in total. The Labute approximate surface area is 161 Å². The summed E-state index contributed by atoms with van der Waals surface area (Å²) in [6.45, 7) is 4.69.